The first-order valence-electron chi connectivity index (χ1n) is 12.3. The molecule has 2 aromatic carbocycles. The quantitative estimate of drug-likeness (QED) is 0.423. The number of sulfonamides is 1. The van der Waals surface area contributed by atoms with E-state index in [0.29, 0.717) is 12.2 Å². The predicted molar refractivity (Wildman–Crippen MR) is 145 cm³/mol. The van der Waals surface area contributed by atoms with Crippen LogP contribution >= 0.6 is 0 Å². The van der Waals surface area contributed by atoms with Crippen LogP contribution < -0.4 is 19.1 Å². The second kappa shape index (κ2) is 13.3. The van der Waals surface area contributed by atoms with Crippen LogP contribution in [0, 0.1) is 6.92 Å². The van der Waals surface area contributed by atoms with Gasteiger partial charge in [-0.05, 0) is 49.9 Å². The number of nitrogens with zero attached hydrogens (tertiary/aromatic N) is 2. The lowest BCUT2D eigenvalue weighted by Gasteiger charge is -2.34. The van der Waals surface area contributed by atoms with Crippen LogP contribution in [0.5, 0.6) is 11.5 Å². The number of hydrogen-bond donors (Lipinski definition) is 1. The maximum Gasteiger partial charge on any atom is 0.244 e. The van der Waals surface area contributed by atoms with Crippen LogP contribution in [0.15, 0.2) is 42.5 Å². The number of carbonyl (C=O) groups excluding carboxylic acids is 2. The Morgan fingerprint density at radius 2 is 1.70 bits per heavy atom. The van der Waals surface area contributed by atoms with Gasteiger partial charge in [0.25, 0.3) is 0 Å². The lowest BCUT2D eigenvalue weighted by atomic mass is 10.1. The van der Waals surface area contributed by atoms with Gasteiger partial charge in [0.05, 0.1) is 26.2 Å². The molecule has 0 saturated heterocycles. The molecule has 0 aliphatic carbocycles. The summed E-state index contributed by atoms with van der Waals surface area (Å²) >= 11 is 0. The van der Waals surface area contributed by atoms with Crippen LogP contribution in [0.1, 0.15) is 44.7 Å². The largest absolute Gasteiger partial charge is 0.497 e. The Bertz CT molecular complexity index is 1180. The van der Waals surface area contributed by atoms with E-state index in [2.05, 4.69) is 5.32 Å². The number of benzene rings is 2. The van der Waals surface area contributed by atoms with E-state index in [0.717, 1.165) is 28.1 Å². The summed E-state index contributed by atoms with van der Waals surface area (Å²) in [6.45, 7) is 7.30. The molecule has 0 aliphatic heterocycles. The molecule has 0 saturated carbocycles. The van der Waals surface area contributed by atoms with Crippen LogP contribution in [-0.4, -0.2) is 64.2 Å². The van der Waals surface area contributed by atoms with Crippen molar-refractivity contribution in [3.8, 4) is 11.5 Å². The Kier molecular flexibility index (Phi) is 10.8. The third-order valence-corrected chi connectivity index (χ3v) is 7.45. The molecule has 37 heavy (non-hydrogen) atoms. The second-order valence-corrected chi connectivity index (χ2v) is 10.9. The summed E-state index contributed by atoms with van der Waals surface area (Å²) in [6, 6.07) is 11.4. The molecule has 2 amide bonds. The molecule has 0 heterocycles. The average molecular weight is 534 g/mol. The molecule has 0 fully saturated rings. The fraction of sp³-hybridized carbons (Fsp3) is 0.481. The fourth-order valence-corrected chi connectivity index (χ4v) is 4.77. The molecular weight excluding hydrogens is 494 g/mol. The Balaban J connectivity index is 2.52. The van der Waals surface area contributed by atoms with Gasteiger partial charge in [-0.25, -0.2) is 8.42 Å². The standard InChI is InChI=1S/C27H39N3O6S/c1-8-20(4)28-27(32)23(9-2)29(17-21-13-11-10-12-19(21)3)26(31)18-30(37(7,33)34)24-15-14-22(35-5)16-25(24)36-6/h10-16,20,23H,8-9,17-18H2,1-7H3,(H,28,32)/t20-,23-/m1/s1. The Morgan fingerprint density at radius 3 is 2.24 bits per heavy atom. The highest BCUT2D eigenvalue weighted by atomic mass is 32.2. The van der Waals surface area contributed by atoms with Gasteiger partial charge >= 0.3 is 0 Å². The van der Waals surface area contributed by atoms with Gasteiger partial charge in [0, 0.05) is 18.7 Å². The summed E-state index contributed by atoms with van der Waals surface area (Å²) in [4.78, 5) is 28.5. The van der Waals surface area contributed by atoms with Crippen molar-refractivity contribution in [2.24, 2.45) is 0 Å². The number of anilines is 1. The number of carbonyl (C=O) groups is 2. The molecule has 2 rings (SSSR count). The summed E-state index contributed by atoms with van der Waals surface area (Å²) in [6.07, 6.45) is 2.14. The highest BCUT2D eigenvalue weighted by molar-refractivity contribution is 7.92. The Labute approximate surface area is 220 Å². The normalized spacial score (nSPS) is 12.8. The van der Waals surface area contributed by atoms with E-state index in [-0.39, 0.29) is 29.9 Å². The molecule has 0 radical (unpaired) electrons. The van der Waals surface area contributed by atoms with Crippen molar-refractivity contribution >= 4 is 27.5 Å². The van der Waals surface area contributed by atoms with E-state index in [1.807, 2.05) is 52.0 Å². The van der Waals surface area contributed by atoms with Crippen LogP contribution in [0.25, 0.3) is 0 Å². The minimum atomic E-state index is -3.89. The first-order valence-corrected chi connectivity index (χ1v) is 14.2. The molecule has 1 N–H and O–H groups in total. The van der Waals surface area contributed by atoms with E-state index >= 15 is 0 Å². The lowest BCUT2D eigenvalue weighted by molar-refractivity contribution is -0.140. The zero-order chi connectivity index (χ0) is 27.8. The van der Waals surface area contributed by atoms with E-state index in [1.54, 1.807) is 12.1 Å². The predicted octanol–water partition coefficient (Wildman–Crippen LogP) is 3.50. The van der Waals surface area contributed by atoms with Gasteiger partial charge in [-0.3, -0.25) is 13.9 Å². The number of methoxy groups -OCH3 is 2. The van der Waals surface area contributed by atoms with E-state index < -0.39 is 28.5 Å². The maximum absolute atomic E-state index is 13.8. The van der Waals surface area contributed by atoms with Gasteiger partial charge in [-0.2, -0.15) is 0 Å². The average Bonchev–Trinajstić information content (AvgIpc) is 2.86. The number of amides is 2. The van der Waals surface area contributed by atoms with Crippen LogP contribution in [0.4, 0.5) is 5.69 Å². The van der Waals surface area contributed by atoms with Crippen LogP contribution in [-0.2, 0) is 26.2 Å². The van der Waals surface area contributed by atoms with Crippen molar-refractivity contribution in [2.45, 2.75) is 59.2 Å². The third kappa shape index (κ3) is 7.85. The van der Waals surface area contributed by atoms with Crippen LogP contribution in [0.2, 0.25) is 0 Å². The number of rotatable bonds is 13. The number of nitrogens with one attached hydrogen (secondary N) is 1. The van der Waals surface area contributed by atoms with Crippen molar-refractivity contribution in [3.63, 3.8) is 0 Å². The first-order chi connectivity index (χ1) is 17.5. The Hall–Kier alpha value is -3.27. The van der Waals surface area contributed by atoms with E-state index in [1.165, 1.54) is 25.2 Å². The SMILES string of the molecule is CC[C@@H](C)NC(=O)[C@@H](CC)N(Cc1ccccc1C)C(=O)CN(c1ccc(OC)cc1OC)S(C)(=O)=O. The zero-order valence-electron chi connectivity index (χ0n) is 22.8. The molecule has 0 spiro atoms. The summed E-state index contributed by atoms with van der Waals surface area (Å²) in [5.41, 5.74) is 2.04. The summed E-state index contributed by atoms with van der Waals surface area (Å²) in [5, 5.41) is 2.96. The van der Waals surface area contributed by atoms with Crippen molar-refractivity contribution in [1.82, 2.24) is 10.2 Å². The van der Waals surface area contributed by atoms with Gasteiger partial charge in [0.1, 0.15) is 24.1 Å². The first kappa shape index (κ1) is 30.0. The minimum Gasteiger partial charge on any atom is -0.497 e. The zero-order valence-corrected chi connectivity index (χ0v) is 23.6. The van der Waals surface area contributed by atoms with Crippen molar-refractivity contribution in [1.29, 1.82) is 0 Å². The topological polar surface area (TPSA) is 105 Å². The van der Waals surface area contributed by atoms with Crippen LogP contribution in [0.3, 0.4) is 0 Å². The Morgan fingerprint density at radius 1 is 1.03 bits per heavy atom. The monoisotopic (exact) mass is 533 g/mol. The second-order valence-electron chi connectivity index (χ2n) is 9.00. The van der Waals surface area contributed by atoms with Gasteiger partial charge in [0.15, 0.2) is 0 Å². The van der Waals surface area contributed by atoms with Crippen molar-refractivity contribution < 1.29 is 27.5 Å². The number of ether oxygens (including phenoxy) is 2. The van der Waals surface area contributed by atoms with Crippen molar-refractivity contribution in [2.75, 3.05) is 31.3 Å². The summed E-state index contributed by atoms with van der Waals surface area (Å²) in [7, 11) is -0.986. The van der Waals surface area contributed by atoms with E-state index in [9.17, 15) is 18.0 Å². The molecular formula is C27H39N3O6S. The van der Waals surface area contributed by atoms with Gasteiger partial charge < -0.3 is 19.7 Å². The fourth-order valence-electron chi connectivity index (χ4n) is 3.92. The molecule has 204 valence electrons. The summed E-state index contributed by atoms with van der Waals surface area (Å²) in [5.74, 6) is -0.0525. The molecule has 2 atom stereocenters. The molecule has 0 unspecified atom stereocenters. The minimum absolute atomic E-state index is 0.0620. The van der Waals surface area contributed by atoms with Gasteiger partial charge in [-0.1, -0.05) is 38.1 Å². The number of hydrogen-bond acceptors (Lipinski definition) is 6. The molecule has 0 aromatic heterocycles. The highest BCUT2D eigenvalue weighted by Crippen LogP contribution is 2.33. The molecule has 10 heteroatoms. The highest BCUT2D eigenvalue weighted by Gasteiger charge is 2.33. The van der Waals surface area contributed by atoms with E-state index in [4.69, 9.17) is 9.47 Å². The molecule has 0 bridgehead atoms. The maximum atomic E-state index is 13.8. The van der Waals surface area contributed by atoms with Gasteiger partial charge in [0.2, 0.25) is 21.8 Å². The number of aryl methyl sites for hydroxylation is 1. The molecule has 2 aromatic rings. The third-order valence-electron chi connectivity index (χ3n) is 6.32. The van der Waals surface area contributed by atoms with Gasteiger partial charge in [-0.15, -0.1) is 0 Å². The lowest BCUT2D eigenvalue weighted by Crippen LogP contribution is -2.53. The molecule has 0 aliphatic rings. The smallest absolute Gasteiger partial charge is 0.244 e. The van der Waals surface area contributed by atoms with Crippen molar-refractivity contribution in [3.05, 3.63) is 53.6 Å². The summed E-state index contributed by atoms with van der Waals surface area (Å²) < 4.78 is 37.4. The molecule has 9 nitrogen and oxygen atoms in total.